The third kappa shape index (κ3) is 6.34. The molecular weight excluding hydrogens is 164 g/mol. The SMILES string of the molecule is C=CC(=O)OC=CCOC(=O)O. The fourth-order valence-electron chi connectivity index (χ4n) is 0.322. The smallest absolute Gasteiger partial charge is 0.450 e. The van der Waals surface area contributed by atoms with Crippen LogP contribution in [0, 0.1) is 0 Å². The lowest BCUT2D eigenvalue weighted by Crippen LogP contribution is -1.99. The van der Waals surface area contributed by atoms with Crippen molar-refractivity contribution in [2.45, 2.75) is 0 Å². The Morgan fingerprint density at radius 2 is 2.17 bits per heavy atom. The van der Waals surface area contributed by atoms with Gasteiger partial charge in [-0.2, -0.15) is 0 Å². The summed E-state index contributed by atoms with van der Waals surface area (Å²) in [6, 6.07) is 0. The van der Waals surface area contributed by atoms with Gasteiger partial charge in [-0.25, -0.2) is 9.59 Å². The largest absolute Gasteiger partial charge is 0.506 e. The third-order valence-electron chi connectivity index (χ3n) is 0.750. The molecule has 12 heavy (non-hydrogen) atoms. The van der Waals surface area contributed by atoms with Crippen LogP contribution in [0.1, 0.15) is 0 Å². The number of carboxylic acid groups (broad SMARTS) is 1. The Morgan fingerprint density at radius 3 is 2.67 bits per heavy atom. The number of hydrogen-bond donors (Lipinski definition) is 1. The Labute approximate surface area is 68.9 Å². The van der Waals surface area contributed by atoms with E-state index in [2.05, 4.69) is 16.1 Å². The third-order valence-corrected chi connectivity index (χ3v) is 0.750. The van der Waals surface area contributed by atoms with E-state index in [4.69, 9.17) is 5.11 Å². The maximum Gasteiger partial charge on any atom is 0.506 e. The van der Waals surface area contributed by atoms with Crippen molar-refractivity contribution < 1.29 is 24.2 Å². The summed E-state index contributed by atoms with van der Waals surface area (Å²) in [7, 11) is 0. The summed E-state index contributed by atoms with van der Waals surface area (Å²) >= 11 is 0. The lowest BCUT2D eigenvalue weighted by atomic mass is 10.6. The van der Waals surface area contributed by atoms with E-state index in [1.165, 1.54) is 6.08 Å². The van der Waals surface area contributed by atoms with Crippen LogP contribution in [-0.4, -0.2) is 23.8 Å². The fraction of sp³-hybridized carbons (Fsp3) is 0.143. The van der Waals surface area contributed by atoms with E-state index in [1.54, 1.807) is 0 Å². The van der Waals surface area contributed by atoms with Crippen molar-refractivity contribution >= 4 is 12.1 Å². The number of carbonyl (C=O) groups excluding carboxylic acids is 1. The molecule has 0 aromatic carbocycles. The summed E-state index contributed by atoms with van der Waals surface area (Å²) in [6.45, 7) is 3.00. The van der Waals surface area contributed by atoms with Crippen molar-refractivity contribution in [3.63, 3.8) is 0 Å². The molecule has 0 aliphatic carbocycles. The Kier molecular flexibility index (Phi) is 5.08. The first-order chi connectivity index (χ1) is 5.66. The average molecular weight is 172 g/mol. The van der Waals surface area contributed by atoms with Crippen molar-refractivity contribution in [3.8, 4) is 0 Å². The summed E-state index contributed by atoms with van der Waals surface area (Å²) in [5.74, 6) is -0.610. The molecule has 66 valence electrons. The Balaban J connectivity index is 3.43. The van der Waals surface area contributed by atoms with Gasteiger partial charge in [-0.15, -0.1) is 0 Å². The molecule has 0 aliphatic heterocycles. The highest BCUT2D eigenvalue weighted by molar-refractivity contribution is 5.81. The molecule has 0 aliphatic rings. The molecule has 0 radical (unpaired) electrons. The number of carbonyl (C=O) groups is 2. The van der Waals surface area contributed by atoms with E-state index in [1.807, 2.05) is 0 Å². The predicted octanol–water partition coefficient (Wildman–Crippen LogP) is 0.924. The summed E-state index contributed by atoms with van der Waals surface area (Å²) in [6.07, 6.45) is 1.89. The Morgan fingerprint density at radius 1 is 1.50 bits per heavy atom. The van der Waals surface area contributed by atoms with Crippen LogP contribution in [0.25, 0.3) is 0 Å². The zero-order valence-electron chi connectivity index (χ0n) is 6.23. The summed E-state index contributed by atoms with van der Waals surface area (Å²) in [5, 5.41) is 7.99. The van der Waals surface area contributed by atoms with Crippen molar-refractivity contribution in [1.29, 1.82) is 0 Å². The van der Waals surface area contributed by atoms with E-state index in [9.17, 15) is 9.59 Å². The van der Waals surface area contributed by atoms with Crippen LogP contribution < -0.4 is 0 Å². The Hall–Kier alpha value is -1.78. The molecule has 0 bridgehead atoms. The molecule has 0 atom stereocenters. The van der Waals surface area contributed by atoms with Crippen LogP contribution in [-0.2, 0) is 14.3 Å². The summed E-state index contributed by atoms with van der Waals surface area (Å²) in [5.41, 5.74) is 0. The first-order valence-electron chi connectivity index (χ1n) is 3.00. The molecule has 0 fully saturated rings. The van der Waals surface area contributed by atoms with E-state index < -0.39 is 12.1 Å². The van der Waals surface area contributed by atoms with E-state index >= 15 is 0 Å². The normalized spacial score (nSPS) is 9.33. The quantitative estimate of drug-likeness (QED) is 0.388. The zero-order chi connectivity index (χ0) is 9.40. The maximum atomic E-state index is 10.4. The van der Waals surface area contributed by atoms with Crippen LogP contribution in [0.15, 0.2) is 25.0 Å². The van der Waals surface area contributed by atoms with Gasteiger partial charge in [0, 0.05) is 6.08 Å². The number of rotatable bonds is 4. The van der Waals surface area contributed by atoms with Gasteiger partial charge in [-0.05, 0) is 6.08 Å². The van der Waals surface area contributed by atoms with Gasteiger partial charge < -0.3 is 14.6 Å². The highest BCUT2D eigenvalue weighted by Gasteiger charge is 1.91. The predicted molar refractivity (Wildman–Crippen MR) is 39.4 cm³/mol. The molecule has 5 nitrogen and oxygen atoms in total. The van der Waals surface area contributed by atoms with Gasteiger partial charge in [0.05, 0.1) is 6.26 Å². The van der Waals surface area contributed by atoms with Crippen molar-refractivity contribution in [2.24, 2.45) is 0 Å². The minimum Gasteiger partial charge on any atom is -0.450 e. The van der Waals surface area contributed by atoms with Crippen LogP contribution in [0.2, 0.25) is 0 Å². The van der Waals surface area contributed by atoms with Crippen molar-refractivity contribution in [2.75, 3.05) is 6.61 Å². The molecule has 0 aromatic rings. The topological polar surface area (TPSA) is 72.8 Å². The molecule has 0 spiro atoms. The molecule has 0 unspecified atom stereocenters. The van der Waals surface area contributed by atoms with Gasteiger partial charge in [0.25, 0.3) is 0 Å². The van der Waals surface area contributed by atoms with E-state index in [0.717, 1.165) is 12.3 Å². The van der Waals surface area contributed by atoms with Gasteiger partial charge in [0.1, 0.15) is 6.61 Å². The molecule has 0 heterocycles. The molecular formula is C7H8O5. The summed E-state index contributed by atoms with van der Waals surface area (Å²) in [4.78, 5) is 20.1. The minimum atomic E-state index is -1.38. The van der Waals surface area contributed by atoms with Gasteiger partial charge in [-0.1, -0.05) is 6.58 Å². The first-order valence-corrected chi connectivity index (χ1v) is 3.00. The highest BCUT2D eigenvalue weighted by atomic mass is 16.7. The molecule has 5 heteroatoms. The number of hydrogen-bond acceptors (Lipinski definition) is 4. The van der Waals surface area contributed by atoms with Crippen LogP contribution >= 0.6 is 0 Å². The van der Waals surface area contributed by atoms with Crippen LogP contribution in [0.3, 0.4) is 0 Å². The van der Waals surface area contributed by atoms with Crippen LogP contribution in [0.4, 0.5) is 4.79 Å². The molecule has 0 rings (SSSR count). The second-order valence-electron chi connectivity index (χ2n) is 1.59. The monoisotopic (exact) mass is 172 g/mol. The molecule has 1 N–H and O–H groups in total. The lowest BCUT2D eigenvalue weighted by Gasteiger charge is -1.93. The van der Waals surface area contributed by atoms with Gasteiger partial charge in [0.15, 0.2) is 0 Å². The number of ether oxygens (including phenoxy) is 2. The maximum absolute atomic E-state index is 10.4. The van der Waals surface area contributed by atoms with Crippen molar-refractivity contribution in [3.05, 3.63) is 25.0 Å². The van der Waals surface area contributed by atoms with Crippen molar-refractivity contribution in [1.82, 2.24) is 0 Å². The first kappa shape index (κ1) is 10.2. The van der Waals surface area contributed by atoms with E-state index in [0.29, 0.717) is 0 Å². The van der Waals surface area contributed by atoms with Gasteiger partial charge in [-0.3, -0.25) is 0 Å². The second kappa shape index (κ2) is 5.96. The van der Waals surface area contributed by atoms with Gasteiger partial charge in [0.2, 0.25) is 0 Å². The molecule has 0 saturated carbocycles. The second-order valence-corrected chi connectivity index (χ2v) is 1.59. The fourth-order valence-corrected chi connectivity index (χ4v) is 0.322. The molecule has 0 aromatic heterocycles. The average Bonchev–Trinajstić information content (AvgIpc) is 2.03. The number of esters is 1. The van der Waals surface area contributed by atoms with Crippen LogP contribution in [0.5, 0.6) is 0 Å². The lowest BCUT2D eigenvalue weighted by molar-refractivity contribution is -0.132. The molecule has 0 saturated heterocycles. The molecule has 0 amide bonds. The zero-order valence-corrected chi connectivity index (χ0v) is 6.23. The Bertz CT molecular complexity index is 206. The van der Waals surface area contributed by atoms with Gasteiger partial charge >= 0.3 is 12.1 Å². The van der Waals surface area contributed by atoms with E-state index in [-0.39, 0.29) is 6.61 Å². The minimum absolute atomic E-state index is 0.153. The summed E-state index contributed by atoms with van der Waals surface area (Å²) < 4.78 is 8.43. The highest BCUT2D eigenvalue weighted by Crippen LogP contribution is 1.83. The standard InChI is InChI=1S/C7H8O5/c1-2-6(8)11-4-3-5-12-7(9)10/h2-4H,1,5H2,(H,9,10).